The molecule has 3 nitrogen and oxygen atoms in total. The minimum atomic E-state index is -0.0464. The van der Waals surface area contributed by atoms with E-state index in [1.54, 1.807) is 6.20 Å². The number of nitrogens with zero attached hydrogens (tertiary/aromatic N) is 1. The number of fused-ring (bicyclic) bond motifs is 1. The number of hydrogen-bond donors (Lipinski definition) is 1. The molecular weight excluding hydrogens is 250 g/mol. The van der Waals surface area contributed by atoms with Gasteiger partial charge < -0.3 is 9.84 Å². The first-order valence-electron chi connectivity index (χ1n) is 6.50. The SMILES string of the molecule is Cc1ccc(Oc2cccc3cccnc23)c(CO)c1. The first-order chi connectivity index (χ1) is 9.78. The van der Waals surface area contributed by atoms with E-state index in [0.717, 1.165) is 22.0 Å². The Morgan fingerprint density at radius 2 is 1.90 bits per heavy atom. The molecule has 100 valence electrons. The summed E-state index contributed by atoms with van der Waals surface area (Å²) in [7, 11) is 0. The van der Waals surface area contributed by atoms with Gasteiger partial charge in [-0.05, 0) is 25.1 Å². The molecule has 3 rings (SSSR count). The van der Waals surface area contributed by atoms with Crippen LogP contribution in [0.3, 0.4) is 0 Å². The third kappa shape index (κ3) is 2.36. The average Bonchev–Trinajstić information content (AvgIpc) is 2.49. The molecule has 0 unspecified atom stereocenters. The Kier molecular flexibility index (Phi) is 3.35. The smallest absolute Gasteiger partial charge is 0.153 e. The van der Waals surface area contributed by atoms with E-state index < -0.39 is 0 Å². The van der Waals surface area contributed by atoms with Gasteiger partial charge in [0, 0.05) is 17.1 Å². The van der Waals surface area contributed by atoms with Gasteiger partial charge in [0.2, 0.25) is 0 Å². The summed E-state index contributed by atoms with van der Waals surface area (Å²) in [6.45, 7) is 1.94. The number of ether oxygens (including phenoxy) is 1. The van der Waals surface area contributed by atoms with Gasteiger partial charge in [0.05, 0.1) is 6.61 Å². The number of aliphatic hydroxyl groups excluding tert-OH is 1. The summed E-state index contributed by atoms with van der Waals surface area (Å²) in [5.74, 6) is 1.36. The van der Waals surface area contributed by atoms with Gasteiger partial charge >= 0.3 is 0 Å². The standard InChI is InChI=1S/C17H15NO2/c1-12-7-8-15(14(10-12)11-19)20-16-6-2-4-13-5-3-9-18-17(13)16/h2-10,19H,11H2,1H3. The zero-order valence-corrected chi connectivity index (χ0v) is 11.2. The highest BCUT2D eigenvalue weighted by atomic mass is 16.5. The molecular formula is C17H15NO2. The second-order valence-corrected chi connectivity index (χ2v) is 4.70. The molecule has 0 bridgehead atoms. The van der Waals surface area contributed by atoms with Crippen molar-refractivity contribution in [1.29, 1.82) is 0 Å². The quantitative estimate of drug-likeness (QED) is 0.782. The molecule has 1 aromatic heterocycles. The number of aromatic nitrogens is 1. The van der Waals surface area contributed by atoms with Crippen molar-refractivity contribution in [1.82, 2.24) is 4.98 Å². The Morgan fingerprint density at radius 3 is 2.75 bits per heavy atom. The summed E-state index contributed by atoms with van der Waals surface area (Å²) in [6.07, 6.45) is 1.75. The first-order valence-corrected chi connectivity index (χ1v) is 6.50. The van der Waals surface area contributed by atoms with Gasteiger partial charge in [-0.15, -0.1) is 0 Å². The fourth-order valence-electron chi connectivity index (χ4n) is 2.21. The second-order valence-electron chi connectivity index (χ2n) is 4.70. The minimum Gasteiger partial charge on any atom is -0.455 e. The number of aryl methyl sites for hydroxylation is 1. The zero-order chi connectivity index (χ0) is 13.9. The fraction of sp³-hybridized carbons (Fsp3) is 0.118. The van der Waals surface area contributed by atoms with Crippen LogP contribution in [0.1, 0.15) is 11.1 Å². The Balaban J connectivity index is 2.05. The normalized spacial score (nSPS) is 10.7. The van der Waals surface area contributed by atoms with Crippen LogP contribution in [-0.2, 0) is 6.61 Å². The molecule has 0 aliphatic heterocycles. The summed E-state index contributed by atoms with van der Waals surface area (Å²) >= 11 is 0. The Bertz CT molecular complexity index is 748. The lowest BCUT2D eigenvalue weighted by Crippen LogP contribution is -1.94. The van der Waals surface area contributed by atoms with Crippen LogP contribution in [0.25, 0.3) is 10.9 Å². The van der Waals surface area contributed by atoms with Crippen molar-refractivity contribution in [2.75, 3.05) is 0 Å². The monoisotopic (exact) mass is 265 g/mol. The maximum Gasteiger partial charge on any atom is 0.153 e. The Morgan fingerprint density at radius 1 is 1.05 bits per heavy atom. The van der Waals surface area contributed by atoms with E-state index in [9.17, 15) is 5.11 Å². The zero-order valence-electron chi connectivity index (χ0n) is 11.2. The van der Waals surface area contributed by atoms with Crippen molar-refractivity contribution in [3.05, 3.63) is 65.9 Å². The number of para-hydroxylation sites is 1. The number of rotatable bonds is 3. The molecule has 0 amide bonds. The predicted molar refractivity (Wildman–Crippen MR) is 78.9 cm³/mol. The predicted octanol–water partition coefficient (Wildman–Crippen LogP) is 3.83. The molecule has 0 saturated heterocycles. The Labute approximate surface area is 117 Å². The van der Waals surface area contributed by atoms with Crippen molar-refractivity contribution >= 4 is 10.9 Å². The number of benzene rings is 2. The van der Waals surface area contributed by atoms with E-state index in [0.29, 0.717) is 11.5 Å². The molecule has 3 aromatic rings. The van der Waals surface area contributed by atoms with E-state index in [1.807, 2.05) is 55.5 Å². The van der Waals surface area contributed by atoms with Gasteiger partial charge in [0.1, 0.15) is 11.3 Å². The number of aliphatic hydroxyl groups is 1. The summed E-state index contributed by atoms with van der Waals surface area (Å²) in [5.41, 5.74) is 2.69. The molecule has 2 aromatic carbocycles. The third-order valence-corrected chi connectivity index (χ3v) is 3.20. The summed E-state index contributed by atoms with van der Waals surface area (Å²) in [5, 5.41) is 10.5. The van der Waals surface area contributed by atoms with Crippen LogP contribution in [-0.4, -0.2) is 10.1 Å². The maximum atomic E-state index is 9.44. The maximum absolute atomic E-state index is 9.44. The topological polar surface area (TPSA) is 42.4 Å². The molecule has 0 atom stereocenters. The number of pyridine rings is 1. The molecule has 20 heavy (non-hydrogen) atoms. The molecule has 1 heterocycles. The van der Waals surface area contributed by atoms with Crippen molar-refractivity contribution in [2.45, 2.75) is 13.5 Å². The van der Waals surface area contributed by atoms with Gasteiger partial charge in [-0.1, -0.05) is 35.9 Å². The lowest BCUT2D eigenvalue weighted by molar-refractivity contribution is 0.276. The van der Waals surface area contributed by atoms with Crippen LogP contribution < -0.4 is 4.74 Å². The molecule has 0 radical (unpaired) electrons. The van der Waals surface area contributed by atoms with E-state index in [1.165, 1.54) is 0 Å². The van der Waals surface area contributed by atoms with Crippen LogP contribution in [0.4, 0.5) is 0 Å². The van der Waals surface area contributed by atoms with Gasteiger partial charge in [0.15, 0.2) is 5.75 Å². The highest BCUT2D eigenvalue weighted by molar-refractivity contribution is 5.84. The highest BCUT2D eigenvalue weighted by Crippen LogP contribution is 2.30. The van der Waals surface area contributed by atoms with Crippen molar-refractivity contribution in [3.63, 3.8) is 0 Å². The van der Waals surface area contributed by atoms with Crippen LogP contribution >= 0.6 is 0 Å². The molecule has 0 saturated carbocycles. The molecule has 1 N–H and O–H groups in total. The summed E-state index contributed by atoms with van der Waals surface area (Å²) in [4.78, 5) is 4.36. The van der Waals surface area contributed by atoms with Crippen LogP contribution in [0.2, 0.25) is 0 Å². The highest BCUT2D eigenvalue weighted by Gasteiger charge is 2.08. The van der Waals surface area contributed by atoms with E-state index in [-0.39, 0.29) is 6.61 Å². The third-order valence-electron chi connectivity index (χ3n) is 3.20. The lowest BCUT2D eigenvalue weighted by Gasteiger charge is -2.12. The molecule has 0 spiro atoms. The Hall–Kier alpha value is -2.39. The van der Waals surface area contributed by atoms with Crippen LogP contribution in [0.15, 0.2) is 54.7 Å². The van der Waals surface area contributed by atoms with E-state index in [4.69, 9.17) is 4.74 Å². The molecule has 0 aliphatic carbocycles. The number of hydrogen-bond acceptors (Lipinski definition) is 3. The first kappa shape index (κ1) is 12.6. The molecule has 3 heteroatoms. The van der Waals surface area contributed by atoms with Crippen molar-refractivity contribution < 1.29 is 9.84 Å². The molecule has 0 fully saturated rings. The fourth-order valence-corrected chi connectivity index (χ4v) is 2.21. The van der Waals surface area contributed by atoms with Crippen LogP contribution in [0.5, 0.6) is 11.5 Å². The van der Waals surface area contributed by atoms with Gasteiger partial charge in [-0.25, -0.2) is 0 Å². The summed E-state index contributed by atoms with van der Waals surface area (Å²) in [6, 6.07) is 15.5. The summed E-state index contributed by atoms with van der Waals surface area (Å²) < 4.78 is 5.95. The van der Waals surface area contributed by atoms with Gasteiger partial charge in [-0.3, -0.25) is 4.98 Å². The van der Waals surface area contributed by atoms with E-state index >= 15 is 0 Å². The second kappa shape index (κ2) is 5.31. The largest absolute Gasteiger partial charge is 0.455 e. The van der Waals surface area contributed by atoms with Crippen molar-refractivity contribution in [2.24, 2.45) is 0 Å². The molecule has 0 aliphatic rings. The van der Waals surface area contributed by atoms with E-state index in [2.05, 4.69) is 4.98 Å². The van der Waals surface area contributed by atoms with Gasteiger partial charge in [-0.2, -0.15) is 0 Å². The lowest BCUT2D eigenvalue weighted by atomic mass is 10.1. The van der Waals surface area contributed by atoms with Crippen LogP contribution in [0, 0.1) is 6.92 Å². The van der Waals surface area contributed by atoms with Crippen molar-refractivity contribution in [3.8, 4) is 11.5 Å². The van der Waals surface area contributed by atoms with Gasteiger partial charge in [0.25, 0.3) is 0 Å². The average molecular weight is 265 g/mol. The minimum absolute atomic E-state index is 0.0464.